The molecule has 162 valence electrons. The van der Waals surface area contributed by atoms with Crippen LogP contribution in [0.3, 0.4) is 0 Å². The first kappa shape index (κ1) is 20.5. The van der Waals surface area contributed by atoms with Crippen LogP contribution in [0.5, 0.6) is 0 Å². The third-order valence-electron chi connectivity index (χ3n) is 5.53. The van der Waals surface area contributed by atoms with Crippen molar-refractivity contribution in [1.29, 1.82) is 0 Å². The number of fused-ring (bicyclic) bond motifs is 1. The van der Waals surface area contributed by atoms with E-state index in [1.165, 1.54) is 4.68 Å². The molecule has 32 heavy (non-hydrogen) atoms. The quantitative estimate of drug-likeness (QED) is 0.492. The minimum atomic E-state index is -0.363. The van der Waals surface area contributed by atoms with E-state index in [0.717, 1.165) is 35.0 Å². The van der Waals surface area contributed by atoms with Gasteiger partial charge in [-0.05, 0) is 68.1 Å². The zero-order valence-corrected chi connectivity index (χ0v) is 18.6. The highest BCUT2D eigenvalue weighted by atomic mass is 35.5. The smallest absolute Gasteiger partial charge is 0.293 e. The molecule has 7 nitrogen and oxygen atoms in total. The summed E-state index contributed by atoms with van der Waals surface area (Å²) in [7, 11) is 0. The number of nitrogens with zero attached hydrogens (tertiary/aromatic N) is 4. The van der Waals surface area contributed by atoms with Crippen molar-refractivity contribution in [1.82, 2.24) is 19.6 Å². The average Bonchev–Trinajstić information content (AvgIpc) is 3.47. The lowest BCUT2D eigenvalue weighted by atomic mass is 10.1. The van der Waals surface area contributed by atoms with Crippen LogP contribution in [0.1, 0.15) is 35.6 Å². The number of halogens is 1. The van der Waals surface area contributed by atoms with Gasteiger partial charge in [0.25, 0.3) is 5.56 Å². The number of hydrogen-bond acceptors (Lipinski definition) is 4. The summed E-state index contributed by atoms with van der Waals surface area (Å²) in [5.74, 6) is -0.0247. The minimum Gasteiger partial charge on any atom is -0.324 e. The van der Waals surface area contributed by atoms with E-state index in [4.69, 9.17) is 11.6 Å². The van der Waals surface area contributed by atoms with E-state index in [1.807, 2.05) is 44.2 Å². The second-order valence-corrected chi connectivity index (χ2v) is 8.78. The van der Waals surface area contributed by atoms with Gasteiger partial charge < -0.3 is 5.32 Å². The number of hydrogen-bond donors (Lipinski definition) is 1. The molecule has 2 heterocycles. The predicted octanol–water partition coefficient (Wildman–Crippen LogP) is 4.37. The fourth-order valence-electron chi connectivity index (χ4n) is 4.05. The van der Waals surface area contributed by atoms with Gasteiger partial charge in [-0.2, -0.15) is 10.2 Å². The van der Waals surface area contributed by atoms with Gasteiger partial charge in [0.15, 0.2) is 0 Å². The summed E-state index contributed by atoms with van der Waals surface area (Å²) in [6.07, 6.45) is 3.70. The zero-order chi connectivity index (χ0) is 22.4. The maximum atomic E-state index is 13.4. The average molecular weight is 448 g/mol. The number of nitrogens with one attached hydrogen (secondary N) is 1. The third-order valence-corrected chi connectivity index (χ3v) is 5.76. The molecule has 0 spiro atoms. The van der Waals surface area contributed by atoms with Crippen molar-refractivity contribution >= 4 is 34.1 Å². The molecule has 4 aromatic rings. The van der Waals surface area contributed by atoms with Gasteiger partial charge in [0.2, 0.25) is 5.91 Å². The molecule has 1 fully saturated rings. The van der Waals surface area contributed by atoms with Crippen LogP contribution in [0.25, 0.3) is 16.6 Å². The van der Waals surface area contributed by atoms with Gasteiger partial charge in [-0.25, -0.2) is 9.36 Å². The summed E-state index contributed by atoms with van der Waals surface area (Å²) in [4.78, 5) is 26.2. The molecule has 0 unspecified atom stereocenters. The molecule has 0 aliphatic heterocycles. The van der Waals surface area contributed by atoms with Gasteiger partial charge in [-0.15, -0.1) is 0 Å². The molecule has 1 aliphatic rings. The Labute approximate surface area is 189 Å². The van der Waals surface area contributed by atoms with Crippen LogP contribution in [0, 0.1) is 13.8 Å². The Morgan fingerprint density at radius 3 is 2.59 bits per heavy atom. The second kappa shape index (κ2) is 7.91. The van der Waals surface area contributed by atoms with Crippen LogP contribution in [0.15, 0.2) is 53.5 Å². The van der Waals surface area contributed by atoms with Gasteiger partial charge in [0.05, 0.1) is 17.6 Å². The van der Waals surface area contributed by atoms with Gasteiger partial charge in [-0.1, -0.05) is 23.7 Å². The van der Waals surface area contributed by atoms with Gasteiger partial charge in [-0.3, -0.25) is 9.59 Å². The second-order valence-electron chi connectivity index (χ2n) is 8.35. The number of benzene rings is 2. The normalized spacial score (nSPS) is 13.5. The maximum Gasteiger partial charge on any atom is 0.293 e. The van der Waals surface area contributed by atoms with Gasteiger partial charge >= 0.3 is 0 Å². The maximum absolute atomic E-state index is 13.4. The van der Waals surface area contributed by atoms with Crippen molar-refractivity contribution in [2.45, 2.75) is 39.2 Å². The molecule has 0 radical (unpaired) electrons. The van der Waals surface area contributed by atoms with Crippen LogP contribution in [-0.4, -0.2) is 25.5 Å². The predicted molar refractivity (Wildman–Crippen MR) is 125 cm³/mol. The molecule has 0 atom stereocenters. The van der Waals surface area contributed by atoms with E-state index in [0.29, 0.717) is 21.9 Å². The number of aryl methyl sites for hydroxylation is 2. The summed E-state index contributed by atoms with van der Waals surface area (Å²) in [6, 6.07) is 13.0. The van der Waals surface area contributed by atoms with Crippen molar-refractivity contribution in [3.05, 3.63) is 80.9 Å². The summed E-state index contributed by atoms with van der Waals surface area (Å²) in [5.41, 5.74) is 4.35. The summed E-state index contributed by atoms with van der Waals surface area (Å²) in [6.45, 7) is 3.77. The Hall–Kier alpha value is -3.45. The first-order valence-corrected chi connectivity index (χ1v) is 10.9. The van der Waals surface area contributed by atoms with Crippen molar-refractivity contribution in [3.63, 3.8) is 0 Å². The lowest BCUT2D eigenvalue weighted by Gasteiger charge is -2.11. The van der Waals surface area contributed by atoms with Crippen LogP contribution >= 0.6 is 11.6 Å². The fourth-order valence-corrected chi connectivity index (χ4v) is 4.23. The highest BCUT2D eigenvalue weighted by molar-refractivity contribution is 6.30. The standard InChI is InChI=1S/C24H22ClN5O2/c1-14-8-15(2)10-18(9-14)27-21(31)13-29-24(32)23-20(22(28-29)16-6-7-16)12-26-30(23)19-5-3-4-17(25)11-19/h3-5,8-12,16H,6-7,13H2,1-2H3,(H,27,31). The summed E-state index contributed by atoms with van der Waals surface area (Å²) < 4.78 is 2.83. The highest BCUT2D eigenvalue weighted by Crippen LogP contribution is 2.41. The lowest BCUT2D eigenvalue weighted by molar-refractivity contribution is -0.117. The van der Waals surface area contributed by atoms with Gasteiger partial charge in [0.1, 0.15) is 12.1 Å². The molecule has 2 aromatic carbocycles. The van der Waals surface area contributed by atoms with E-state index < -0.39 is 0 Å². The molecule has 1 N–H and O–H groups in total. The number of carbonyl (C=O) groups excluding carboxylic acids is 1. The van der Waals surface area contributed by atoms with Crippen LogP contribution in [-0.2, 0) is 11.3 Å². The van der Waals surface area contributed by atoms with E-state index in [9.17, 15) is 9.59 Å². The molecular weight excluding hydrogens is 426 g/mol. The number of carbonyl (C=O) groups is 1. The Morgan fingerprint density at radius 2 is 1.91 bits per heavy atom. The number of aromatic nitrogens is 4. The van der Waals surface area contributed by atoms with Crippen molar-refractivity contribution < 1.29 is 4.79 Å². The van der Waals surface area contributed by atoms with E-state index in [1.54, 1.807) is 23.0 Å². The summed E-state index contributed by atoms with van der Waals surface area (Å²) >= 11 is 6.15. The van der Waals surface area contributed by atoms with Crippen LogP contribution < -0.4 is 10.9 Å². The number of rotatable bonds is 5. The monoisotopic (exact) mass is 447 g/mol. The zero-order valence-electron chi connectivity index (χ0n) is 17.8. The third kappa shape index (κ3) is 3.91. The number of amides is 1. The number of anilines is 1. The van der Waals surface area contributed by atoms with E-state index >= 15 is 0 Å². The molecule has 0 bridgehead atoms. The molecule has 5 rings (SSSR count). The first-order valence-electron chi connectivity index (χ1n) is 10.5. The Balaban J connectivity index is 1.56. The van der Waals surface area contributed by atoms with Crippen molar-refractivity contribution in [2.24, 2.45) is 0 Å². The largest absolute Gasteiger partial charge is 0.324 e. The molecule has 0 saturated heterocycles. The van der Waals surface area contributed by atoms with E-state index in [2.05, 4.69) is 15.5 Å². The van der Waals surface area contributed by atoms with Crippen molar-refractivity contribution in [3.8, 4) is 5.69 Å². The van der Waals surface area contributed by atoms with Crippen LogP contribution in [0.4, 0.5) is 5.69 Å². The molecular formula is C24H22ClN5O2. The van der Waals surface area contributed by atoms with Crippen LogP contribution in [0.2, 0.25) is 5.02 Å². The highest BCUT2D eigenvalue weighted by Gasteiger charge is 2.30. The van der Waals surface area contributed by atoms with Gasteiger partial charge in [0, 0.05) is 22.0 Å². The Morgan fingerprint density at radius 1 is 1.16 bits per heavy atom. The molecule has 1 amide bonds. The molecule has 1 aliphatic carbocycles. The Kier molecular flexibility index (Phi) is 5.06. The van der Waals surface area contributed by atoms with E-state index in [-0.39, 0.29) is 23.9 Å². The lowest BCUT2D eigenvalue weighted by Crippen LogP contribution is -2.31. The first-order chi connectivity index (χ1) is 15.4. The van der Waals surface area contributed by atoms with Crippen molar-refractivity contribution in [2.75, 3.05) is 5.32 Å². The SMILES string of the molecule is Cc1cc(C)cc(NC(=O)Cn2nc(C3CC3)c3cnn(-c4cccc(Cl)c4)c3c2=O)c1. The topological polar surface area (TPSA) is 81.8 Å². The molecule has 2 aromatic heterocycles. The fraction of sp³-hybridized carbons (Fsp3) is 0.250. The minimum absolute atomic E-state index is 0.178. The molecule has 1 saturated carbocycles. The Bertz CT molecular complexity index is 1400. The summed E-state index contributed by atoms with van der Waals surface area (Å²) in [5, 5.41) is 13.2. The molecule has 8 heteroatoms.